The number of esters is 1. The van der Waals surface area contributed by atoms with Crippen molar-refractivity contribution in [1.29, 1.82) is 0 Å². The zero-order valence-electron chi connectivity index (χ0n) is 31.2. The summed E-state index contributed by atoms with van der Waals surface area (Å²) in [5.74, 6) is -0.355. The number of nitrogens with two attached hydrogens (primary N) is 1. The first kappa shape index (κ1) is 46.8. The van der Waals surface area contributed by atoms with E-state index in [1.165, 1.54) is 135 Å². The third-order valence-corrected chi connectivity index (χ3v) is 9.42. The average Bonchev–Trinajstić information content (AvgIpc) is 3.07. The number of phosphoric ester groups is 1. The second-order valence-corrected chi connectivity index (χ2v) is 14.7. The van der Waals surface area contributed by atoms with Gasteiger partial charge < -0.3 is 20.1 Å². The fourth-order valence-electron chi connectivity index (χ4n) is 5.47. The minimum atomic E-state index is -4.28. The number of hydrogen-bond acceptors (Lipinski definition) is 7. The molecule has 9 heteroatoms. The van der Waals surface area contributed by atoms with Gasteiger partial charge in [0.05, 0.1) is 19.5 Å². The molecule has 0 radical (unpaired) electrons. The van der Waals surface area contributed by atoms with Crippen LogP contribution in [0.5, 0.6) is 0 Å². The normalized spacial score (nSPS) is 13.8. The van der Waals surface area contributed by atoms with Crippen LogP contribution in [0.3, 0.4) is 0 Å². The maximum Gasteiger partial charge on any atom is 0.472 e. The molecule has 0 heterocycles. The molecular formula is C39H76NO7P. The van der Waals surface area contributed by atoms with Gasteiger partial charge in [-0.1, -0.05) is 154 Å². The van der Waals surface area contributed by atoms with Crippen molar-refractivity contribution in [2.45, 2.75) is 193 Å². The topological polar surface area (TPSA) is 117 Å². The zero-order chi connectivity index (χ0) is 35.2. The molecule has 8 nitrogen and oxygen atoms in total. The molecule has 0 aliphatic heterocycles. The van der Waals surface area contributed by atoms with Crippen LogP contribution >= 0.6 is 7.82 Å². The molecule has 0 aromatic heterocycles. The summed E-state index contributed by atoms with van der Waals surface area (Å²) in [5, 5.41) is 0. The van der Waals surface area contributed by atoms with Gasteiger partial charge in [-0.15, -0.1) is 0 Å². The van der Waals surface area contributed by atoms with E-state index in [0.717, 1.165) is 32.1 Å². The van der Waals surface area contributed by atoms with E-state index in [4.69, 9.17) is 24.3 Å². The van der Waals surface area contributed by atoms with Gasteiger partial charge in [-0.2, -0.15) is 0 Å². The van der Waals surface area contributed by atoms with Gasteiger partial charge in [0.25, 0.3) is 0 Å². The minimum Gasteiger partial charge on any atom is -0.498 e. The van der Waals surface area contributed by atoms with Crippen LogP contribution in [-0.4, -0.2) is 43.3 Å². The molecule has 1 unspecified atom stereocenters. The quantitative estimate of drug-likeness (QED) is 0.0215. The van der Waals surface area contributed by atoms with E-state index in [1.54, 1.807) is 6.26 Å². The van der Waals surface area contributed by atoms with Crippen molar-refractivity contribution in [3.63, 3.8) is 0 Å². The predicted octanol–water partition coefficient (Wildman–Crippen LogP) is 11.6. The Morgan fingerprint density at radius 3 is 1.60 bits per heavy atom. The van der Waals surface area contributed by atoms with E-state index in [2.05, 4.69) is 26.0 Å². The van der Waals surface area contributed by atoms with Crippen molar-refractivity contribution >= 4 is 13.8 Å². The third kappa shape index (κ3) is 36.1. The molecular weight excluding hydrogens is 625 g/mol. The highest BCUT2D eigenvalue weighted by atomic mass is 31.2. The van der Waals surface area contributed by atoms with Gasteiger partial charge >= 0.3 is 13.8 Å². The van der Waals surface area contributed by atoms with Crippen molar-refractivity contribution in [2.24, 2.45) is 5.73 Å². The molecule has 0 aromatic carbocycles. The first-order chi connectivity index (χ1) is 23.4. The van der Waals surface area contributed by atoms with E-state index in [1.807, 2.05) is 6.08 Å². The number of carbonyl (C=O) groups is 1. The maximum atomic E-state index is 12.5. The molecule has 0 amide bonds. The summed E-state index contributed by atoms with van der Waals surface area (Å²) in [4.78, 5) is 22.4. The van der Waals surface area contributed by atoms with Crippen LogP contribution in [0.1, 0.15) is 187 Å². The van der Waals surface area contributed by atoms with E-state index < -0.39 is 13.9 Å². The zero-order valence-corrected chi connectivity index (χ0v) is 32.1. The molecule has 0 aliphatic rings. The molecule has 284 valence electrons. The Kier molecular flexibility index (Phi) is 36.2. The van der Waals surface area contributed by atoms with Gasteiger partial charge in [0.2, 0.25) is 0 Å². The summed E-state index contributed by atoms with van der Waals surface area (Å²) >= 11 is 0. The third-order valence-electron chi connectivity index (χ3n) is 8.44. The Hall–Kier alpha value is -1.18. The van der Waals surface area contributed by atoms with Crippen LogP contribution in [0, 0.1) is 0 Å². The molecule has 0 saturated carbocycles. The van der Waals surface area contributed by atoms with Crippen LogP contribution in [0.4, 0.5) is 0 Å². The number of phosphoric acid groups is 1. The summed E-state index contributed by atoms with van der Waals surface area (Å²) in [6, 6.07) is 0. The maximum absolute atomic E-state index is 12.5. The highest BCUT2D eigenvalue weighted by Gasteiger charge is 2.25. The molecule has 0 rings (SSSR count). The van der Waals surface area contributed by atoms with Crippen molar-refractivity contribution in [3.05, 3.63) is 24.5 Å². The molecule has 0 aliphatic carbocycles. The number of hydrogen-bond donors (Lipinski definition) is 2. The van der Waals surface area contributed by atoms with E-state index in [9.17, 15) is 14.3 Å². The summed E-state index contributed by atoms with van der Waals surface area (Å²) in [7, 11) is -4.28. The second kappa shape index (κ2) is 37.1. The number of rotatable bonds is 38. The number of carbonyl (C=O) groups excluding carboxylic acids is 1. The van der Waals surface area contributed by atoms with E-state index in [-0.39, 0.29) is 32.3 Å². The lowest BCUT2D eigenvalue weighted by molar-refractivity contribution is -0.153. The van der Waals surface area contributed by atoms with Crippen LogP contribution in [0.25, 0.3) is 0 Å². The Balaban J connectivity index is 4.11. The lowest BCUT2D eigenvalue weighted by Crippen LogP contribution is -2.27. The molecule has 3 N–H and O–H groups in total. The lowest BCUT2D eigenvalue weighted by atomic mass is 10.0. The van der Waals surface area contributed by atoms with Gasteiger partial charge in [-0.3, -0.25) is 13.8 Å². The summed E-state index contributed by atoms with van der Waals surface area (Å²) in [6.07, 6.45) is 39.9. The van der Waals surface area contributed by atoms with Crippen molar-refractivity contribution in [3.8, 4) is 0 Å². The number of allylic oxidation sites excluding steroid dienone is 3. The molecule has 0 bridgehead atoms. The monoisotopic (exact) mass is 702 g/mol. The summed E-state index contributed by atoms with van der Waals surface area (Å²) < 4.78 is 33.1. The first-order valence-electron chi connectivity index (χ1n) is 19.9. The molecule has 0 aromatic rings. The fraction of sp³-hybridized carbons (Fsp3) is 0.872. The standard InChI is InChI=1S/C39H76NO7P/c1-3-5-7-9-11-13-15-17-19-20-22-24-26-28-30-32-39(41)47-38(37-46-48(42,43)45-35-33-40)36-44-34-31-29-27-25-23-21-18-16-14-12-10-8-6-4-2/h9,11,31,34,38H,3-8,10,12-30,32-33,35-37,40H2,1-2H3,(H,42,43)/b11-9+,34-31+/t38-/m1/s1. The molecule has 0 fully saturated rings. The van der Waals surface area contributed by atoms with Crippen LogP contribution < -0.4 is 5.73 Å². The largest absolute Gasteiger partial charge is 0.498 e. The van der Waals surface area contributed by atoms with Gasteiger partial charge in [0.15, 0.2) is 6.10 Å². The molecule has 0 saturated heterocycles. The highest BCUT2D eigenvalue weighted by molar-refractivity contribution is 7.47. The van der Waals surface area contributed by atoms with Crippen LogP contribution in [0.15, 0.2) is 24.5 Å². The fourth-order valence-corrected chi connectivity index (χ4v) is 6.24. The highest BCUT2D eigenvalue weighted by Crippen LogP contribution is 2.43. The Labute approximate surface area is 296 Å². The van der Waals surface area contributed by atoms with Crippen molar-refractivity contribution < 1.29 is 32.8 Å². The molecule has 0 spiro atoms. The Morgan fingerprint density at radius 2 is 1.08 bits per heavy atom. The van der Waals surface area contributed by atoms with Gasteiger partial charge in [-0.25, -0.2) is 4.57 Å². The Bertz CT molecular complexity index is 792. The van der Waals surface area contributed by atoms with Crippen molar-refractivity contribution in [1.82, 2.24) is 0 Å². The van der Waals surface area contributed by atoms with Gasteiger partial charge in [-0.05, 0) is 44.6 Å². The second-order valence-electron chi connectivity index (χ2n) is 13.2. The number of unbranched alkanes of at least 4 members (excludes halogenated alkanes) is 23. The predicted molar refractivity (Wildman–Crippen MR) is 201 cm³/mol. The van der Waals surface area contributed by atoms with Crippen LogP contribution in [-0.2, 0) is 27.9 Å². The molecule has 2 atom stereocenters. The summed E-state index contributed by atoms with van der Waals surface area (Å²) in [6.45, 7) is 4.22. The number of ether oxygens (including phenoxy) is 2. The smallest absolute Gasteiger partial charge is 0.472 e. The first-order valence-corrected chi connectivity index (χ1v) is 21.4. The minimum absolute atomic E-state index is 0.0344. The SMILES string of the molecule is CCCC/C=C/CCCCCCCCCCCC(=O)O[C@H](CO/C=C/CCCCCCCCCCCCCC)COP(=O)(O)OCCN. The van der Waals surface area contributed by atoms with Crippen molar-refractivity contribution in [2.75, 3.05) is 26.4 Å². The van der Waals surface area contributed by atoms with Gasteiger partial charge in [0, 0.05) is 13.0 Å². The van der Waals surface area contributed by atoms with Crippen LogP contribution in [0.2, 0.25) is 0 Å². The van der Waals surface area contributed by atoms with Gasteiger partial charge in [0.1, 0.15) is 6.61 Å². The Morgan fingerprint density at radius 1 is 0.625 bits per heavy atom. The summed E-state index contributed by atoms with van der Waals surface area (Å²) in [5.41, 5.74) is 5.35. The molecule has 48 heavy (non-hydrogen) atoms. The average molecular weight is 702 g/mol. The lowest BCUT2D eigenvalue weighted by Gasteiger charge is -2.19. The van der Waals surface area contributed by atoms with E-state index in [0.29, 0.717) is 6.42 Å². The van der Waals surface area contributed by atoms with E-state index >= 15 is 0 Å².